The molecule has 0 spiro atoms. The summed E-state index contributed by atoms with van der Waals surface area (Å²) in [4.78, 5) is 31.8. The lowest BCUT2D eigenvalue weighted by Gasteiger charge is -1.98. The van der Waals surface area contributed by atoms with Gasteiger partial charge >= 0.3 is 11.9 Å². The molecule has 0 aliphatic rings. The number of benzene rings is 2. The maximum absolute atomic E-state index is 11.4. The lowest BCUT2D eigenvalue weighted by atomic mass is 10.1. The molecule has 0 unspecified atom stereocenters. The Balaban J connectivity index is 0.000000271. The summed E-state index contributed by atoms with van der Waals surface area (Å²) in [6.07, 6.45) is 1.58. The number of Topliss-reactive ketones (excluding diaryl/α,β-unsaturated/α-hetero) is 1. The van der Waals surface area contributed by atoms with Crippen LogP contribution >= 0.6 is 23.2 Å². The number of rotatable bonds is 8. The van der Waals surface area contributed by atoms with E-state index >= 15 is 0 Å². The molecule has 2 aromatic carbocycles. The number of carbonyl (C=O) groups is 3. The number of hydrogen-bond donors (Lipinski definition) is 2. The molecule has 0 saturated heterocycles. The molecule has 0 bridgehead atoms. The van der Waals surface area contributed by atoms with E-state index in [9.17, 15) is 14.4 Å². The quantitative estimate of drug-likeness (QED) is 0.588. The van der Waals surface area contributed by atoms with E-state index in [1.807, 2.05) is 24.3 Å². The first-order valence-electron chi connectivity index (χ1n) is 8.24. The molecular formula is C20H20Cl2O5. The molecule has 0 atom stereocenters. The molecule has 2 N–H and O–H groups in total. The van der Waals surface area contributed by atoms with Crippen LogP contribution in [-0.4, -0.2) is 27.9 Å². The molecule has 7 heteroatoms. The van der Waals surface area contributed by atoms with Gasteiger partial charge in [-0.2, -0.15) is 0 Å². The van der Waals surface area contributed by atoms with Gasteiger partial charge < -0.3 is 10.2 Å². The summed E-state index contributed by atoms with van der Waals surface area (Å²) in [5.41, 5.74) is 1.63. The minimum absolute atomic E-state index is 0.0248. The average molecular weight is 411 g/mol. The molecule has 0 fully saturated rings. The number of hydrogen-bond acceptors (Lipinski definition) is 3. The molecule has 2 rings (SSSR count). The van der Waals surface area contributed by atoms with Gasteiger partial charge in [0.25, 0.3) is 0 Å². The standard InChI is InChI=1S/C10H9ClO3.C10H11ClO2/c11-8-3-1-7(2-4-8)9(12)5-6-10(13)14;11-9-6-4-8(5-7-9)2-1-3-10(12)13/h1-4H,5-6H2,(H,13,14);4-7H,1-3H2,(H,12,13). The molecule has 27 heavy (non-hydrogen) atoms. The van der Waals surface area contributed by atoms with Crippen LogP contribution in [0.25, 0.3) is 0 Å². The highest BCUT2D eigenvalue weighted by Crippen LogP contribution is 2.12. The zero-order valence-corrected chi connectivity index (χ0v) is 16.0. The Morgan fingerprint density at radius 2 is 1.19 bits per heavy atom. The van der Waals surface area contributed by atoms with E-state index in [0.29, 0.717) is 22.0 Å². The largest absolute Gasteiger partial charge is 0.481 e. The van der Waals surface area contributed by atoms with Crippen LogP contribution in [-0.2, 0) is 16.0 Å². The Morgan fingerprint density at radius 3 is 1.67 bits per heavy atom. The van der Waals surface area contributed by atoms with Crippen molar-refractivity contribution in [3.8, 4) is 0 Å². The van der Waals surface area contributed by atoms with Crippen LogP contribution < -0.4 is 0 Å². The number of carboxylic acid groups (broad SMARTS) is 2. The summed E-state index contributed by atoms with van der Waals surface area (Å²) in [5, 5.41) is 18.1. The summed E-state index contributed by atoms with van der Waals surface area (Å²) < 4.78 is 0. The third kappa shape index (κ3) is 10.4. The number of ketones is 1. The van der Waals surface area contributed by atoms with Crippen LogP contribution in [0.5, 0.6) is 0 Å². The zero-order valence-electron chi connectivity index (χ0n) is 14.5. The van der Waals surface area contributed by atoms with Gasteiger partial charge in [0.1, 0.15) is 0 Å². The van der Waals surface area contributed by atoms with E-state index < -0.39 is 11.9 Å². The first kappa shape index (κ1) is 22.7. The number of aryl methyl sites for hydroxylation is 1. The van der Waals surface area contributed by atoms with Gasteiger partial charge in [-0.3, -0.25) is 14.4 Å². The van der Waals surface area contributed by atoms with Crippen molar-refractivity contribution in [1.82, 2.24) is 0 Å². The minimum atomic E-state index is -0.965. The molecule has 0 aliphatic heterocycles. The molecule has 0 amide bonds. The van der Waals surface area contributed by atoms with E-state index in [-0.39, 0.29) is 25.0 Å². The third-order valence-electron chi connectivity index (χ3n) is 3.50. The molecule has 0 saturated carbocycles. The van der Waals surface area contributed by atoms with E-state index in [1.165, 1.54) is 0 Å². The van der Waals surface area contributed by atoms with Crippen molar-refractivity contribution in [2.45, 2.75) is 32.1 Å². The fourth-order valence-electron chi connectivity index (χ4n) is 2.10. The van der Waals surface area contributed by atoms with E-state index in [0.717, 1.165) is 12.0 Å². The van der Waals surface area contributed by atoms with Crippen molar-refractivity contribution in [2.75, 3.05) is 0 Å². The van der Waals surface area contributed by atoms with Gasteiger partial charge in [0.2, 0.25) is 0 Å². The topological polar surface area (TPSA) is 91.7 Å². The number of carboxylic acids is 2. The highest BCUT2D eigenvalue weighted by atomic mass is 35.5. The predicted octanol–water partition coefficient (Wildman–Crippen LogP) is 5.13. The average Bonchev–Trinajstić information content (AvgIpc) is 2.62. The molecule has 0 aliphatic carbocycles. The van der Waals surface area contributed by atoms with E-state index in [1.54, 1.807) is 24.3 Å². The zero-order chi connectivity index (χ0) is 20.2. The van der Waals surface area contributed by atoms with Crippen molar-refractivity contribution in [2.24, 2.45) is 0 Å². The molecule has 144 valence electrons. The lowest BCUT2D eigenvalue weighted by Crippen LogP contribution is -2.03. The van der Waals surface area contributed by atoms with Crippen LogP contribution in [0.1, 0.15) is 41.6 Å². The Hall–Kier alpha value is -2.37. The second-order valence-corrected chi connectivity index (χ2v) is 6.57. The maximum Gasteiger partial charge on any atom is 0.303 e. The number of halogens is 2. The van der Waals surface area contributed by atoms with E-state index in [4.69, 9.17) is 33.4 Å². The molecule has 5 nitrogen and oxygen atoms in total. The van der Waals surface area contributed by atoms with Gasteiger partial charge in [-0.05, 0) is 54.8 Å². The van der Waals surface area contributed by atoms with Crippen molar-refractivity contribution >= 4 is 40.9 Å². The lowest BCUT2D eigenvalue weighted by molar-refractivity contribution is -0.138. The second-order valence-electron chi connectivity index (χ2n) is 5.70. The van der Waals surface area contributed by atoms with E-state index in [2.05, 4.69) is 0 Å². The summed E-state index contributed by atoms with van der Waals surface area (Å²) in [6.45, 7) is 0. The predicted molar refractivity (Wildman–Crippen MR) is 105 cm³/mol. The van der Waals surface area contributed by atoms with Gasteiger partial charge in [-0.1, -0.05) is 35.3 Å². The first-order valence-corrected chi connectivity index (χ1v) is 9.00. The van der Waals surface area contributed by atoms with Crippen molar-refractivity contribution in [1.29, 1.82) is 0 Å². The highest BCUT2D eigenvalue weighted by Gasteiger charge is 2.07. The minimum Gasteiger partial charge on any atom is -0.481 e. The van der Waals surface area contributed by atoms with Crippen molar-refractivity contribution < 1.29 is 24.6 Å². The van der Waals surface area contributed by atoms with Crippen molar-refractivity contribution in [3.05, 3.63) is 69.7 Å². The first-order chi connectivity index (χ1) is 12.8. The summed E-state index contributed by atoms with van der Waals surface area (Å²) in [6, 6.07) is 13.9. The summed E-state index contributed by atoms with van der Waals surface area (Å²) in [7, 11) is 0. The fraction of sp³-hybridized carbons (Fsp3) is 0.250. The number of carbonyl (C=O) groups excluding carboxylic acids is 1. The van der Waals surface area contributed by atoms with Crippen molar-refractivity contribution in [3.63, 3.8) is 0 Å². The monoisotopic (exact) mass is 410 g/mol. The Labute approximate surface area is 167 Å². The molecule has 2 aromatic rings. The molecular weight excluding hydrogens is 391 g/mol. The number of aliphatic carboxylic acids is 2. The van der Waals surface area contributed by atoms with Gasteiger partial charge in [-0.25, -0.2) is 0 Å². The summed E-state index contributed by atoms with van der Waals surface area (Å²) in [5.74, 6) is -1.88. The molecule has 0 aromatic heterocycles. The second kappa shape index (κ2) is 12.1. The van der Waals surface area contributed by atoms with Gasteiger partial charge in [0.05, 0.1) is 6.42 Å². The third-order valence-corrected chi connectivity index (χ3v) is 4.01. The smallest absolute Gasteiger partial charge is 0.303 e. The SMILES string of the molecule is O=C(O)CCC(=O)c1ccc(Cl)cc1.O=C(O)CCCc1ccc(Cl)cc1. The van der Waals surface area contributed by atoms with Crippen LogP contribution in [0, 0.1) is 0 Å². The maximum atomic E-state index is 11.4. The summed E-state index contributed by atoms with van der Waals surface area (Å²) >= 11 is 11.3. The normalized spacial score (nSPS) is 9.85. The van der Waals surface area contributed by atoms with Gasteiger partial charge in [0.15, 0.2) is 5.78 Å². The Bertz CT molecular complexity index is 755. The van der Waals surface area contributed by atoms with Gasteiger partial charge in [0, 0.05) is 28.5 Å². The Kier molecular flexibility index (Phi) is 10.2. The molecule has 0 radical (unpaired) electrons. The van der Waals surface area contributed by atoms with Crippen LogP contribution in [0.2, 0.25) is 10.0 Å². The van der Waals surface area contributed by atoms with Gasteiger partial charge in [-0.15, -0.1) is 0 Å². The highest BCUT2D eigenvalue weighted by molar-refractivity contribution is 6.30. The molecule has 0 heterocycles. The fourth-order valence-corrected chi connectivity index (χ4v) is 2.35. The van der Waals surface area contributed by atoms with Crippen LogP contribution in [0.4, 0.5) is 0 Å². The Morgan fingerprint density at radius 1 is 0.704 bits per heavy atom. The van der Waals surface area contributed by atoms with Crippen LogP contribution in [0.15, 0.2) is 48.5 Å². The van der Waals surface area contributed by atoms with Crippen LogP contribution in [0.3, 0.4) is 0 Å².